The van der Waals surface area contributed by atoms with Crippen molar-refractivity contribution < 1.29 is 13.2 Å². The van der Waals surface area contributed by atoms with E-state index < -0.39 is 10.0 Å². The first kappa shape index (κ1) is 16.1. The molecule has 1 unspecified atom stereocenters. The van der Waals surface area contributed by atoms with Crippen molar-refractivity contribution in [3.05, 3.63) is 22.7 Å². The van der Waals surface area contributed by atoms with Gasteiger partial charge in [0.25, 0.3) is 0 Å². The van der Waals surface area contributed by atoms with Crippen LogP contribution in [0.15, 0.2) is 27.6 Å². The number of hydrogen-bond acceptors (Lipinski definition) is 3. The number of rotatable bonds is 5. The maximum absolute atomic E-state index is 11.9. The van der Waals surface area contributed by atoms with E-state index in [1.165, 1.54) is 18.2 Å². The molecule has 3 N–H and O–H groups in total. The summed E-state index contributed by atoms with van der Waals surface area (Å²) >= 11 is 3.22. The van der Waals surface area contributed by atoms with E-state index in [1.807, 2.05) is 13.8 Å². The van der Waals surface area contributed by atoms with E-state index in [-0.39, 0.29) is 16.7 Å². The molecule has 0 saturated heterocycles. The normalized spacial score (nSPS) is 13.1. The number of nitrogens with one attached hydrogen (secondary N) is 1. The summed E-state index contributed by atoms with van der Waals surface area (Å²) in [5.41, 5.74) is 0.528. The van der Waals surface area contributed by atoms with Crippen LogP contribution in [0.1, 0.15) is 26.7 Å². The Morgan fingerprint density at radius 1 is 1.47 bits per heavy atom. The molecule has 1 atom stereocenters. The smallest absolute Gasteiger partial charge is 0.238 e. The Bertz CT molecular complexity index is 572. The Morgan fingerprint density at radius 2 is 2.11 bits per heavy atom. The summed E-state index contributed by atoms with van der Waals surface area (Å²) in [4.78, 5) is 11.9. The number of carbonyl (C=O) groups is 1. The van der Waals surface area contributed by atoms with Crippen molar-refractivity contribution in [1.82, 2.24) is 0 Å². The van der Waals surface area contributed by atoms with Gasteiger partial charge >= 0.3 is 0 Å². The van der Waals surface area contributed by atoms with Crippen LogP contribution in [0, 0.1) is 5.92 Å². The van der Waals surface area contributed by atoms with Gasteiger partial charge in [-0.1, -0.05) is 20.3 Å². The van der Waals surface area contributed by atoms with E-state index in [2.05, 4.69) is 21.2 Å². The van der Waals surface area contributed by atoms with Crippen molar-refractivity contribution in [2.24, 2.45) is 11.1 Å². The molecule has 1 rings (SSSR count). The number of amides is 1. The summed E-state index contributed by atoms with van der Waals surface area (Å²) < 4.78 is 22.8. The minimum absolute atomic E-state index is 0.000944. The van der Waals surface area contributed by atoms with Gasteiger partial charge in [0.15, 0.2) is 0 Å². The highest BCUT2D eigenvalue weighted by molar-refractivity contribution is 9.10. The summed E-state index contributed by atoms with van der Waals surface area (Å²) in [6.07, 6.45) is 1.73. The number of carbonyl (C=O) groups excluding carboxylic acids is 1. The zero-order valence-electron chi connectivity index (χ0n) is 10.8. The molecule has 0 fully saturated rings. The molecule has 106 valence electrons. The topological polar surface area (TPSA) is 89.3 Å². The number of nitrogens with two attached hydrogens (primary N) is 1. The zero-order chi connectivity index (χ0) is 14.6. The molecule has 0 aliphatic heterocycles. The Morgan fingerprint density at radius 3 is 2.58 bits per heavy atom. The van der Waals surface area contributed by atoms with Gasteiger partial charge in [-0.2, -0.15) is 0 Å². The van der Waals surface area contributed by atoms with Crippen LogP contribution in [0.4, 0.5) is 5.69 Å². The molecule has 0 radical (unpaired) electrons. The summed E-state index contributed by atoms with van der Waals surface area (Å²) in [6.45, 7) is 3.87. The van der Waals surface area contributed by atoms with E-state index in [0.29, 0.717) is 10.2 Å². The quantitative estimate of drug-likeness (QED) is 0.856. The predicted molar refractivity (Wildman–Crippen MR) is 78.2 cm³/mol. The van der Waals surface area contributed by atoms with Crippen molar-refractivity contribution in [3.8, 4) is 0 Å². The SMILES string of the molecule is CCCC(C)C(=O)Nc1ccc(S(N)(=O)=O)cc1Br. The zero-order valence-corrected chi connectivity index (χ0v) is 13.2. The Hall–Kier alpha value is -0.920. The van der Waals surface area contributed by atoms with E-state index in [4.69, 9.17) is 5.14 Å². The van der Waals surface area contributed by atoms with Gasteiger partial charge in [-0.15, -0.1) is 0 Å². The molecule has 1 aromatic rings. The van der Waals surface area contributed by atoms with Crippen LogP contribution >= 0.6 is 15.9 Å². The lowest BCUT2D eigenvalue weighted by Gasteiger charge is -2.12. The summed E-state index contributed by atoms with van der Waals surface area (Å²) in [7, 11) is -3.74. The first-order chi connectivity index (χ1) is 8.75. The van der Waals surface area contributed by atoms with Crippen molar-refractivity contribution >= 4 is 37.5 Å². The third-order valence-corrected chi connectivity index (χ3v) is 4.26. The highest BCUT2D eigenvalue weighted by atomic mass is 79.9. The number of benzene rings is 1. The third-order valence-electron chi connectivity index (χ3n) is 2.70. The van der Waals surface area contributed by atoms with Gasteiger partial charge in [-0.25, -0.2) is 13.6 Å². The van der Waals surface area contributed by atoms with E-state index >= 15 is 0 Å². The molecule has 0 spiro atoms. The van der Waals surface area contributed by atoms with Gasteiger partial charge in [-0.3, -0.25) is 4.79 Å². The molecular weight excluding hydrogens is 332 g/mol. The third kappa shape index (κ3) is 4.59. The average molecular weight is 349 g/mol. The minimum atomic E-state index is -3.74. The van der Waals surface area contributed by atoms with Gasteiger partial charge in [0.2, 0.25) is 15.9 Å². The number of primary sulfonamides is 1. The summed E-state index contributed by atoms with van der Waals surface area (Å²) in [5, 5.41) is 7.78. The molecule has 0 saturated carbocycles. The molecule has 0 bridgehead atoms. The lowest BCUT2D eigenvalue weighted by molar-refractivity contribution is -0.119. The molecule has 1 aromatic carbocycles. The molecule has 0 aliphatic carbocycles. The van der Waals surface area contributed by atoms with E-state index in [1.54, 1.807) is 0 Å². The van der Waals surface area contributed by atoms with E-state index in [9.17, 15) is 13.2 Å². The van der Waals surface area contributed by atoms with Crippen LogP contribution < -0.4 is 10.5 Å². The van der Waals surface area contributed by atoms with Gasteiger partial charge in [0, 0.05) is 10.4 Å². The predicted octanol–water partition coefficient (Wildman–Crippen LogP) is 2.47. The number of anilines is 1. The van der Waals surface area contributed by atoms with Gasteiger partial charge in [0.1, 0.15) is 0 Å². The molecule has 0 aliphatic rings. The van der Waals surface area contributed by atoms with Crippen LogP contribution in [-0.4, -0.2) is 14.3 Å². The lowest BCUT2D eigenvalue weighted by Crippen LogP contribution is -2.20. The molecule has 7 heteroatoms. The first-order valence-electron chi connectivity index (χ1n) is 5.89. The second kappa shape index (κ2) is 6.49. The van der Waals surface area contributed by atoms with E-state index in [0.717, 1.165) is 12.8 Å². The highest BCUT2D eigenvalue weighted by Crippen LogP contribution is 2.26. The fourth-order valence-electron chi connectivity index (χ4n) is 1.59. The molecule has 5 nitrogen and oxygen atoms in total. The van der Waals surface area contributed by atoms with Crippen molar-refractivity contribution in [3.63, 3.8) is 0 Å². The van der Waals surface area contributed by atoms with Gasteiger partial charge < -0.3 is 5.32 Å². The molecule has 0 aromatic heterocycles. The Balaban J connectivity index is 2.90. The van der Waals surface area contributed by atoms with Crippen LogP contribution in [0.5, 0.6) is 0 Å². The maximum Gasteiger partial charge on any atom is 0.238 e. The standard InChI is InChI=1S/C12H17BrN2O3S/c1-3-4-8(2)12(16)15-11-6-5-9(7-10(11)13)19(14,17)18/h5-8H,3-4H2,1-2H3,(H,15,16)(H2,14,17,18). The fourth-order valence-corrected chi connectivity index (χ4v) is 2.76. The highest BCUT2D eigenvalue weighted by Gasteiger charge is 2.15. The first-order valence-corrected chi connectivity index (χ1v) is 8.22. The fraction of sp³-hybridized carbons (Fsp3) is 0.417. The monoisotopic (exact) mass is 348 g/mol. The number of hydrogen-bond donors (Lipinski definition) is 2. The van der Waals surface area contributed by atoms with Crippen LogP contribution in [0.3, 0.4) is 0 Å². The number of sulfonamides is 1. The van der Waals surface area contributed by atoms with Crippen molar-refractivity contribution in [1.29, 1.82) is 0 Å². The molecule has 0 heterocycles. The van der Waals surface area contributed by atoms with Gasteiger partial charge in [0.05, 0.1) is 10.6 Å². The maximum atomic E-state index is 11.9. The van der Waals surface area contributed by atoms with Crippen LogP contribution in [0.25, 0.3) is 0 Å². The molecular formula is C12H17BrN2O3S. The molecule has 1 amide bonds. The Labute approximate surface area is 121 Å². The minimum Gasteiger partial charge on any atom is -0.325 e. The lowest BCUT2D eigenvalue weighted by atomic mass is 10.1. The van der Waals surface area contributed by atoms with Crippen molar-refractivity contribution in [2.45, 2.75) is 31.6 Å². The summed E-state index contributed by atoms with van der Waals surface area (Å²) in [6, 6.07) is 4.25. The van der Waals surface area contributed by atoms with Crippen molar-refractivity contribution in [2.75, 3.05) is 5.32 Å². The molecule has 19 heavy (non-hydrogen) atoms. The Kier molecular flexibility index (Phi) is 5.51. The summed E-state index contributed by atoms with van der Waals surface area (Å²) in [5.74, 6) is -0.180. The average Bonchev–Trinajstić information content (AvgIpc) is 2.30. The van der Waals surface area contributed by atoms with Crippen LogP contribution in [-0.2, 0) is 14.8 Å². The van der Waals surface area contributed by atoms with Gasteiger partial charge in [-0.05, 0) is 40.5 Å². The number of halogens is 1. The largest absolute Gasteiger partial charge is 0.325 e. The second-order valence-corrected chi connectivity index (χ2v) is 6.78. The van der Waals surface area contributed by atoms with Crippen LogP contribution in [0.2, 0.25) is 0 Å². The second-order valence-electron chi connectivity index (χ2n) is 4.37.